The largest absolute Gasteiger partial charge is 0.472 e. The molecule has 1 N–H and O–H groups in total. The maximum atomic E-state index is 15.8. The van der Waals surface area contributed by atoms with E-state index in [0.717, 1.165) is 26.3 Å². The van der Waals surface area contributed by atoms with Crippen LogP contribution >= 0.6 is 0 Å². The molecule has 0 amide bonds. The second-order valence-corrected chi connectivity index (χ2v) is 16.9. The number of fused-ring (bicyclic) bond motifs is 1. The lowest BCUT2D eigenvalue weighted by Crippen LogP contribution is -2.85. The number of esters is 5. The summed E-state index contributed by atoms with van der Waals surface area (Å²) >= 11 is 0. The van der Waals surface area contributed by atoms with Crippen molar-refractivity contribution in [1.29, 1.82) is 0 Å². The van der Waals surface area contributed by atoms with Gasteiger partial charge < -0.3 is 42.7 Å². The lowest BCUT2D eigenvalue weighted by atomic mass is 9.33. The van der Waals surface area contributed by atoms with Gasteiger partial charge in [-0.15, -0.1) is 0 Å². The fourth-order valence-electron chi connectivity index (χ4n) is 12.2. The molecule has 1 spiro atoms. The number of Topliss-reactive ketones (excluding diaryl/α,β-unsaturated/α-hetero) is 1. The van der Waals surface area contributed by atoms with Crippen molar-refractivity contribution >= 4 is 35.6 Å². The lowest BCUT2D eigenvalue weighted by molar-refractivity contribution is -0.391. The van der Waals surface area contributed by atoms with Gasteiger partial charge in [0.2, 0.25) is 6.29 Å². The zero-order chi connectivity index (χ0) is 39.5. The second-order valence-electron chi connectivity index (χ2n) is 16.9. The number of ether oxygens (including phenoxy) is 7. The van der Waals surface area contributed by atoms with E-state index < -0.39 is 129 Å². The molecular weight excluding hydrogens is 708 g/mol. The molecular formula is C39H50O15. The average molecular weight is 759 g/mol. The average Bonchev–Trinajstić information content (AvgIpc) is 3.45. The summed E-state index contributed by atoms with van der Waals surface area (Å²) in [6.07, 6.45) is -5.23. The first-order chi connectivity index (χ1) is 25.3. The molecule has 4 saturated carbocycles. The number of carbonyl (C=O) groups is 6. The van der Waals surface area contributed by atoms with Crippen LogP contribution in [0.4, 0.5) is 0 Å². The lowest BCUT2D eigenvalue weighted by Gasteiger charge is -2.73. The zero-order valence-electron chi connectivity index (χ0n) is 32.1. The molecule has 2 unspecified atom stereocenters. The van der Waals surface area contributed by atoms with Crippen LogP contribution in [0.1, 0.15) is 93.1 Å². The van der Waals surface area contributed by atoms with Crippen LogP contribution in [0.5, 0.6) is 0 Å². The number of epoxide rings is 1. The Kier molecular flexibility index (Phi) is 8.97. The summed E-state index contributed by atoms with van der Waals surface area (Å²) in [5, 5.41) is 12.8. The Hall–Kier alpha value is -3.82. The van der Waals surface area contributed by atoms with E-state index in [9.17, 15) is 29.1 Å². The van der Waals surface area contributed by atoms with Crippen molar-refractivity contribution in [3.8, 4) is 0 Å². The third-order valence-corrected chi connectivity index (χ3v) is 14.4. The number of hydrogen-bond acceptors (Lipinski definition) is 15. The Morgan fingerprint density at radius 3 is 2.09 bits per heavy atom. The summed E-state index contributed by atoms with van der Waals surface area (Å²) in [6.45, 7) is 13.1. The Balaban J connectivity index is 1.50. The first kappa shape index (κ1) is 38.5. The molecule has 16 atom stereocenters. The number of carbonyl (C=O) groups excluding carboxylic acids is 6. The molecule has 6 fully saturated rings. The number of ketones is 1. The molecule has 7 rings (SSSR count). The van der Waals surface area contributed by atoms with Crippen LogP contribution in [-0.4, -0.2) is 95.9 Å². The molecule has 0 radical (unpaired) electrons. The standard InChI is InChI=1S/C39H50O15/c1-10-17(2)33(46)53-34-35(7)24-14-25(44)37(9)29(38(24,16-48-34)32(52-21(6)43)28(49-18(3)40)31(35)51-20(5)42)27(45)30(50-19(4)41)36(8)23(22-11-12-47-15-22)13-26-39(36,37)54-26/h11-12,15,17,23-26,28-32,34,44H,10,13-14,16H2,1-9H3/t17?,23-,24-,25+,26+,28-,29-,30-,31+,32-,34?,35+,36+,37+,38-,39+/m0/s1. The van der Waals surface area contributed by atoms with E-state index in [2.05, 4.69) is 0 Å². The van der Waals surface area contributed by atoms with Crippen molar-refractivity contribution in [2.24, 2.45) is 39.4 Å². The fraction of sp³-hybridized carbons (Fsp3) is 0.744. The zero-order valence-corrected chi connectivity index (χ0v) is 32.1. The van der Waals surface area contributed by atoms with Crippen molar-refractivity contribution in [3.63, 3.8) is 0 Å². The third kappa shape index (κ3) is 4.76. The van der Waals surface area contributed by atoms with Gasteiger partial charge in [-0.05, 0) is 43.7 Å². The minimum atomic E-state index is -1.65. The van der Waals surface area contributed by atoms with Crippen LogP contribution in [0.25, 0.3) is 0 Å². The van der Waals surface area contributed by atoms with Crippen LogP contribution in [0.15, 0.2) is 23.0 Å². The highest BCUT2D eigenvalue weighted by molar-refractivity contribution is 5.93. The van der Waals surface area contributed by atoms with E-state index in [1.54, 1.807) is 33.1 Å². The first-order valence-electron chi connectivity index (χ1n) is 18.7. The van der Waals surface area contributed by atoms with Crippen molar-refractivity contribution in [2.75, 3.05) is 6.61 Å². The summed E-state index contributed by atoms with van der Waals surface area (Å²) in [5.41, 5.74) is -6.42. The molecule has 2 saturated heterocycles. The van der Waals surface area contributed by atoms with Gasteiger partial charge in [0.15, 0.2) is 30.2 Å². The van der Waals surface area contributed by atoms with Crippen LogP contribution in [0, 0.1) is 39.4 Å². The summed E-state index contributed by atoms with van der Waals surface area (Å²) in [6, 6.07) is 1.79. The van der Waals surface area contributed by atoms with E-state index in [0.29, 0.717) is 12.8 Å². The monoisotopic (exact) mass is 758 g/mol. The minimum Gasteiger partial charge on any atom is -0.472 e. The molecule has 4 aliphatic carbocycles. The number of aliphatic hydroxyl groups is 1. The van der Waals surface area contributed by atoms with Crippen LogP contribution < -0.4 is 0 Å². The maximum absolute atomic E-state index is 15.8. The highest BCUT2D eigenvalue weighted by Crippen LogP contribution is 2.83. The molecule has 15 nitrogen and oxygen atoms in total. The van der Waals surface area contributed by atoms with E-state index >= 15 is 4.79 Å². The Morgan fingerprint density at radius 1 is 0.889 bits per heavy atom. The summed E-state index contributed by atoms with van der Waals surface area (Å²) in [4.78, 5) is 81.2. The fourth-order valence-corrected chi connectivity index (χ4v) is 12.2. The molecule has 3 heterocycles. The molecule has 6 aliphatic rings. The van der Waals surface area contributed by atoms with Gasteiger partial charge in [0.25, 0.3) is 0 Å². The van der Waals surface area contributed by atoms with Crippen molar-refractivity contribution < 1.29 is 71.4 Å². The minimum absolute atomic E-state index is 0.0810. The molecule has 15 heteroatoms. The Morgan fingerprint density at radius 2 is 1.52 bits per heavy atom. The molecule has 0 aromatic carbocycles. The number of hydrogen-bond donors (Lipinski definition) is 1. The predicted molar refractivity (Wildman–Crippen MR) is 181 cm³/mol. The number of rotatable bonds is 8. The maximum Gasteiger partial charge on any atom is 0.310 e. The van der Waals surface area contributed by atoms with Crippen LogP contribution in [0.2, 0.25) is 0 Å². The van der Waals surface area contributed by atoms with Crippen LogP contribution in [-0.2, 0) is 61.9 Å². The second kappa shape index (κ2) is 12.6. The Labute approximate surface area is 313 Å². The van der Waals surface area contributed by atoms with E-state index in [1.165, 1.54) is 13.2 Å². The Bertz CT molecular complexity index is 1760. The molecule has 1 aromatic rings. The van der Waals surface area contributed by atoms with Gasteiger partial charge in [-0.25, -0.2) is 0 Å². The van der Waals surface area contributed by atoms with Gasteiger partial charge in [-0.3, -0.25) is 28.8 Å². The van der Waals surface area contributed by atoms with Gasteiger partial charge in [0.05, 0.1) is 48.1 Å². The topological polar surface area (TPSA) is 204 Å². The first-order valence-corrected chi connectivity index (χ1v) is 18.7. The van der Waals surface area contributed by atoms with E-state index in [4.69, 9.17) is 37.6 Å². The molecule has 2 aliphatic heterocycles. The van der Waals surface area contributed by atoms with Crippen molar-refractivity contribution in [1.82, 2.24) is 0 Å². The van der Waals surface area contributed by atoms with Gasteiger partial charge in [-0.2, -0.15) is 0 Å². The number of furan rings is 1. The van der Waals surface area contributed by atoms with Crippen molar-refractivity contribution in [3.05, 3.63) is 24.2 Å². The van der Waals surface area contributed by atoms with Crippen LogP contribution in [0.3, 0.4) is 0 Å². The highest BCUT2D eigenvalue weighted by Gasteiger charge is 2.93. The normalized spacial score (nSPS) is 46.0. The van der Waals surface area contributed by atoms with E-state index in [-0.39, 0.29) is 13.0 Å². The molecule has 296 valence electrons. The summed E-state index contributed by atoms with van der Waals surface area (Å²) < 4.78 is 48.9. The smallest absolute Gasteiger partial charge is 0.310 e. The van der Waals surface area contributed by atoms with E-state index in [1.807, 2.05) is 13.8 Å². The quantitative estimate of drug-likeness (QED) is 0.230. The molecule has 1 aromatic heterocycles. The highest BCUT2D eigenvalue weighted by atomic mass is 16.7. The summed E-state index contributed by atoms with van der Waals surface area (Å²) in [5.74, 6) is -7.50. The van der Waals surface area contributed by atoms with Gasteiger partial charge >= 0.3 is 29.8 Å². The number of aliphatic hydroxyl groups excluding tert-OH is 1. The van der Waals surface area contributed by atoms with Gasteiger partial charge in [-0.1, -0.05) is 27.7 Å². The van der Waals surface area contributed by atoms with Gasteiger partial charge in [0, 0.05) is 50.4 Å². The third-order valence-electron chi connectivity index (χ3n) is 14.4. The molecule has 54 heavy (non-hydrogen) atoms. The van der Waals surface area contributed by atoms with Crippen molar-refractivity contribution in [2.45, 2.75) is 136 Å². The SMILES string of the molecule is CCC(C)C(=O)OC1OC[C@@]23[C@H]4C(=O)[C@H](OC(C)=O)[C@@]5(C)[C@H](c6ccoc6)C[C@H]6O[C@]65[C@]4(C)[C@H](O)C[C@H]2[C@]1(C)[C@H](OC(C)=O)[C@H](OC(C)=O)[C@@H]3OC(C)=O. The molecule has 2 bridgehead atoms. The predicted octanol–water partition coefficient (Wildman–Crippen LogP) is 3.18. The summed E-state index contributed by atoms with van der Waals surface area (Å²) in [7, 11) is 0. The van der Waals surface area contributed by atoms with Gasteiger partial charge in [0.1, 0.15) is 5.60 Å².